The first-order valence-corrected chi connectivity index (χ1v) is 15.3. The summed E-state index contributed by atoms with van der Waals surface area (Å²) in [7, 11) is 0. The van der Waals surface area contributed by atoms with Crippen LogP contribution in [0.1, 0.15) is 45.1 Å². The zero-order chi connectivity index (χ0) is 33.6. The lowest BCUT2D eigenvalue weighted by Crippen LogP contribution is -2.68. The molecule has 3 rings (SSSR count). The number of hydrogen-bond acceptors (Lipinski definition) is 14. The van der Waals surface area contributed by atoms with Crippen molar-refractivity contribution < 1.29 is 68.3 Å². The summed E-state index contributed by atoms with van der Waals surface area (Å²) in [6, 6.07) is 8.19. The maximum absolute atomic E-state index is 12.1. The van der Waals surface area contributed by atoms with Crippen molar-refractivity contribution >= 4 is 18.0 Å². The molecule has 7 N–H and O–H groups in total. The second-order valence-corrected chi connectivity index (χ2v) is 11.1. The topological polar surface area (TPSA) is 232 Å². The number of hydrogen-bond donors (Lipinski definition) is 7. The number of rotatable bonds is 16. The average molecular weight is 659 g/mol. The van der Waals surface area contributed by atoms with Gasteiger partial charge < -0.3 is 64.6 Å². The van der Waals surface area contributed by atoms with Gasteiger partial charge in [0.25, 0.3) is 0 Å². The highest BCUT2D eigenvalue weighted by Crippen LogP contribution is 2.30. The summed E-state index contributed by atoms with van der Waals surface area (Å²) in [4.78, 5) is 35.4. The summed E-state index contributed by atoms with van der Waals surface area (Å²) >= 11 is 0. The van der Waals surface area contributed by atoms with E-state index >= 15 is 0 Å². The van der Waals surface area contributed by atoms with Crippen LogP contribution in [0.2, 0.25) is 0 Å². The van der Waals surface area contributed by atoms with Crippen molar-refractivity contribution in [3.8, 4) is 0 Å². The number of benzene rings is 1. The van der Waals surface area contributed by atoms with E-state index in [1.807, 2.05) is 30.3 Å². The molecule has 2 fully saturated rings. The second-order valence-electron chi connectivity index (χ2n) is 11.1. The number of ether oxygens (including phenoxy) is 6. The van der Waals surface area contributed by atoms with Crippen LogP contribution in [0.4, 0.5) is 4.79 Å². The Bertz CT molecular complexity index is 1080. The first-order valence-electron chi connectivity index (χ1n) is 15.3. The van der Waals surface area contributed by atoms with Gasteiger partial charge in [0.2, 0.25) is 5.91 Å². The normalized spacial score (nSPS) is 31.1. The summed E-state index contributed by atoms with van der Waals surface area (Å²) in [6.45, 7) is 1.76. The van der Waals surface area contributed by atoms with E-state index < -0.39 is 92.5 Å². The monoisotopic (exact) mass is 658 g/mol. The molecule has 0 aliphatic carbocycles. The van der Waals surface area contributed by atoms with Crippen LogP contribution in [-0.4, -0.2) is 131 Å². The van der Waals surface area contributed by atoms with E-state index in [0.29, 0.717) is 19.4 Å². The van der Waals surface area contributed by atoms with E-state index in [-0.39, 0.29) is 13.2 Å². The van der Waals surface area contributed by atoms with E-state index in [4.69, 9.17) is 28.4 Å². The molecule has 2 amide bonds. The largest absolute Gasteiger partial charge is 0.457 e. The number of alkyl carbamates (subject to hydrolysis) is 1. The fourth-order valence-corrected chi connectivity index (χ4v) is 5.16. The highest BCUT2D eigenvalue weighted by molar-refractivity contribution is 5.73. The lowest BCUT2D eigenvalue weighted by atomic mass is 9.95. The van der Waals surface area contributed by atoms with E-state index in [1.54, 1.807) is 0 Å². The number of esters is 1. The van der Waals surface area contributed by atoms with E-state index in [1.165, 1.54) is 6.92 Å². The minimum atomic E-state index is -1.78. The van der Waals surface area contributed by atoms with E-state index in [9.17, 15) is 39.9 Å². The number of carbonyl (C=O) groups is 3. The SMILES string of the molecule is CC(=O)N[C@H]1[C@H](OCCCCCCNC(=O)OCc2ccccc2)O[C@H](CO)[C@@H](O)[C@@H]1O[C@@H]1O[C@H](CO)[C@H](OC(C)=O)[C@H](O)[C@H]1O. The van der Waals surface area contributed by atoms with Crippen LogP contribution in [0.3, 0.4) is 0 Å². The molecule has 46 heavy (non-hydrogen) atoms. The van der Waals surface area contributed by atoms with Gasteiger partial charge in [-0.05, 0) is 18.4 Å². The fraction of sp³-hybridized carbons (Fsp3) is 0.700. The van der Waals surface area contributed by atoms with Gasteiger partial charge in [-0.15, -0.1) is 0 Å². The Hall–Kier alpha value is -2.93. The molecule has 0 saturated carbocycles. The minimum Gasteiger partial charge on any atom is -0.457 e. The summed E-state index contributed by atoms with van der Waals surface area (Å²) in [5, 5.41) is 57.2. The lowest BCUT2D eigenvalue weighted by Gasteiger charge is -2.47. The van der Waals surface area contributed by atoms with Crippen molar-refractivity contribution in [2.24, 2.45) is 0 Å². The van der Waals surface area contributed by atoms with Crippen LogP contribution < -0.4 is 10.6 Å². The number of aliphatic hydroxyl groups excluding tert-OH is 5. The van der Waals surface area contributed by atoms with Crippen LogP contribution >= 0.6 is 0 Å². The predicted octanol–water partition coefficient (Wildman–Crippen LogP) is -1.17. The molecule has 16 heteroatoms. The molecule has 1 aromatic rings. The summed E-state index contributed by atoms with van der Waals surface area (Å²) < 4.78 is 33.2. The number of amides is 2. The molecule has 16 nitrogen and oxygen atoms in total. The third kappa shape index (κ3) is 11.1. The zero-order valence-electron chi connectivity index (χ0n) is 25.9. The Balaban J connectivity index is 1.50. The molecule has 0 spiro atoms. The van der Waals surface area contributed by atoms with Crippen molar-refractivity contribution in [1.29, 1.82) is 0 Å². The van der Waals surface area contributed by atoms with Crippen molar-refractivity contribution in [3.05, 3.63) is 35.9 Å². The first kappa shape index (κ1) is 37.5. The molecule has 10 atom stereocenters. The summed E-state index contributed by atoms with van der Waals surface area (Å²) in [5.41, 5.74) is 0.890. The molecule has 0 radical (unpaired) electrons. The van der Waals surface area contributed by atoms with Crippen molar-refractivity contribution in [2.45, 2.75) is 107 Å². The van der Waals surface area contributed by atoms with Crippen LogP contribution in [-0.2, 0) is 44.6 Å². The molecule has 2 saturated heterocycles. The van der Waals surface area contributed by atoms with Crippen molar-refractivity contribution in [1.82, 2.24) is 10.6 Å². The fourth-order valence-electron chi connectivity index (χ4n) is 5.16. The number of nitrogens with one attached hydrogen (secondary N) is 2. The molecule has 0 aromatic heterocycles. The maximum Gasteiger partial charge on any atom is 0.407 e. The Labute approximate surface area is 266 Å². The Morgan fingerprint density at radius 2 is 1.50 bits per heavy atom. The van der Waals surface area contributed by atoms with Gasteiger partial charge >= 0.3 is 12.1 Å². The standard InChI is InChI=1S/C30H46N2O14/c1-17(35)32-22-27(46-29-25(39)24(38)26(43-18(2)36)21(15-34)45-29)23(37)20(14-33)44-28(22)41-13-9-4-3-8-12-31-30(40)42-16-19-10-6-5-7-11-19/h5-7,10-11,20-29,33-34,37-39H,3-4,8-9,12-16H2,1-2H3,(H,31,40)(H,32,35)/t20-,21-,22-,23-,24-,25-,26+,27-,28-,29+/m1/s1. The van der Waals surface area contributed by atoms with Gasteiger partial charge in [-0.2, -0.15) is 0 Å². The molecule has 2 aliphatic rings. The van der Waals surface area contributed by atoms with Gasteiger partial charge in [0.15, 0.2) is 18.7 Å². The highest BCUT2D eigenvalue weighted by Gasteiger charge is 2.52. The molecular weight excluding hydrogens is 612 g/mol. The summed E-state index contributed by atoms with van der Waals surface area (Å²) in [6.07, 6.45) is -10.8. The minimum absolute atomic E-state index is 0.173. The van der Waals surface area contributed by atoms with Crippen LogP contribution in [0.15, 0.2) is 30.3 Å². The van der Waals surface area contributed by atoms with Gasteiger partial charge in [0.05, 0.1) is 13.2 Å². The molecule has 260 valence electrons. The zero-order valence-corrected chi connectivity index (χ0v) is 25.9. The second kappa shape index (κ2) is 19.0. The Morgan fingerprint density at radius 3 is 2.15 bits per heavy atom. The Morgan fingerprint density at radius 1 is 0.826 bits per heavy atom. The molecule has 2 heterocycles. The number of unbranched alkanes of at least 4 members (excludes halogenated alkanes) is 3. The van der Waals surface area contributed by atoms with Crippen LogP contribution in [0, 0.1) is 0 Å². The van der Waals surface area contributed by atoms with Crippen LogP contribution in [0.25, 0.3) is 0 Å². The average Bonchev–Trinajstić information content (AvgIpc) is 3.03. The van der Waals surface area contributed by atoms with Crippen LogP contribution in [0.5, 0.6) is 0 Å². The Kier molecular flexibility index (Phi) is 15.5. The van der Waals surface area contributed by atoms with E-state index in [2.05, 4.69) is 10.6 Å². The quantitative estimate of drug-likeness (QED) is 0.0820. The van der Waals surface area contributed by atoms with Gasteiger partial charge in [0.1, 0.15) is 49.3 Å². The third-order valence-electron chi connectivity index (χ3n) is 7.47. The maximum atomic E-state index is 12.1. The first-order chi connectivity index (χ1) is 22.0. The third-order valence-corrected chi connectivity index (χ3v) is 7.47. The lowest BCUT2D eigenvalue weighted by molar-refractivity contribution is -0.345. The number of carbonyl (C=O) groups excluding carboxylic acids is 3. The highest BCUT2D eigenvalue weighted by atomic mass is 16.7. The molecule has 0 unspecified atom stereocenters. The molecule has 0 bridgehead atoms. The van der Waals surface area contributed by atoms with Gasteiger partial charge in [-0.3, -0.25) is 9.59 Å². The summed E-state index contributed by atoms with van der Waals surface area (Å²) in [5.74, 6) is -1.29. The number of aliphatic hydroxyl groups is 5. The smallest absolute Gasteiger partial charge is 0.407 e. The van der Waals surface area contributed by atoms with E-state index in [0.717, 1.165) is 25.3 Å². The molecule has 1 aromatic carbocycles. The van der Waals surface area contributed by atoms with Gasteiger partial charge in [-0.1, -0.05) is 43.2 Å². The van der Waals surface area contributed by atoms with Crippen molar-refractivity contribution in [3.63, 3.8) is 0 Å². The molecule has 2 aliphatic heterocycles. The van der Waals surface area contributed by atoms with Crippen molar-refractivity contribution in [2.75, 3.05) is 26.4 Å². The van der Waals surface area contributed by atoms with Gasteiger partial charge in [-0.25, -0.2) is 4.79 Å². The molecular formula is C30H46N2O14. The predicted molar refractivity (Wildman–Crippen MR) is 157 cm³/mol. The van der Waals surface area contributed by atoms with Gasteiger partial charge in [0, 0.05) is 27.0 Å².